The lowest BCUT2D eigenvalue weighted by atomic mass is 10.1. The zero-order valence-electron chi connectivity index (χ0n) is 23.0. The van der Waals surface area contributed by atoms with Gasteiger partial charge in [0, 0.05) is 10.7 Å². The minimum Gasteiger partial charge on any atom is -0.218 e. The van der Waals surface area contributed by atoms with Gasteiger partial charge in [0.05, 0.1) is 14.7 Å². The van der Waals surface area contributed by atoms with Crippen molar-refractivity contribution in [2.75, 3.05) is 0 Å². The molecule has 0 aliphatic heterocycles. The smallest absolute Gasteiger partial charge is 0.218 e. The maximum absolute atomic E-state index is 13.1. The lowest BCUT2D eigenvalue weighted by molar-refractivity contribution is 0.593. The number of benzene rings is 3. The van der Waals surface area contributed by atoms with Gasteiger partial charge in [0.2, 0.25) is 9.84 Å². The summed E-state index contributed by atoms with van der Waals surface area (Å²) < 4.78 is 48.6. The minimum atomic E-state index is -3.61. The van der Waals surface area contributed by atoms with Crippen molar-refractivity contribution >= 4 is 71.1 Å². The van der Waals surface area contributed by atoms with E-state index >= 15 is 0 Å². The molecule has 0 unspecified atom stereocenters. The minimum absolute atomic E-state index is 0. The van der Waals surface area contributed by atoms with Gasteiger partial charge in [0.25, 0.3) is 9.05 Å². The van der Waals surface area contributed by atoms with E-state index in [9.17, 15) is 16.8 Å². The zero-order valence-corrected chi connectivity index (χ0v) is 28.8. The number of sulfone groups is 1. The topological polar surface area (TPSA) is 68.3 Å². The first-order valence-electron chi connectivity index (χ1n) is 11.6. The van der Waals surface area contributed by atoms with Gasteiger partial charge in [0.1, 0.15) is 0 Å². The molecule has 0 N–H and O–H groups in total. The highest BCUT2D eigenvalue weighted by Crippen LogP contribution is 2.32. The molecule has 0 saturated heterocycles. The van der Waals surface area contributed by atoms with Crippen LogP contribution in [0.2, 0.25) is 0 Å². The molecule has 0 amide bonds. The molecule has 0 aliphatic carbocycles. The highest BCUT2D eigenvalue weighted by molar-refractivity contribution is 8.13. The van der Waals surface area contributed by atoms with E-state index in [1.165, 1.54) is 0 Å². The first-order chi connectivity index (χ1) is 17.2. The molecule has 0 saturated carbocycles. The van der Waals surface area contributed by atoms with Crippen LogP contribution in [0.4, 0.5) is 0 Å². The quantitative estimate of drug-likeness (QED) is 0.206. The lowest BCUT2D eigenvalue weighted by Crippen LogP contribution is -2.10. The fraction of sp³-hybridized carbons (Fsp3) is 0.357. The Morgan fingerprint density at radius 1 is 0.487 bits per heavy atom. The van der Waals surface area contributed by atoms with Gasteiger partial charge in [-0.15, -0.1) is 0 Å². The third-order valence-electron chi connectivity index (χ3n) is 5.60. The number of aryl methyl sites for hydroxylation is 9. The predicted molar refractivity (Wildman–Crippen MR) is 170 cm³/mol. The summed E-state index contributed by atoms with van der Waals surface area (Å²) in [5.41, 5.74) is 7.86. The summed E-state index contributed by atoms with van der Waals surface area (Å²) in [7, 11) is 13.0. The second-order valence-electron chi connectivity index (χ2n) is 9.37. The Bertz CT molecular complexity index is 1400. The molecule has 0 bridgehead atoms. The van der Waals surface area contributed by atoms with Crippen LogP contribution >= 0.6 is 40.8 Å². The van der Waals surface area contributed by atoms with Crippen molar-refractivity contribution in [2.45, 2.75) is 84.4 Å². The average Bonchev–Trinajstić information content (AvgIpc) is 2.63. The van der Waals surface area contributed by atoms with Crippen LogP contribution < -0.4 is 0 Å². The molecule has 39 heavy (non-hydrogen) atoms. The number of halogens is 4. The van der Waals surface area contributed by atoms with Crippen molar-refractivity contribution in [3.05, 3.63) is 86.5 Å². The number of rotatable bonds is 3. The first-order valence-corrected chi connectivity index (χ1v) is 20.6. The molecule has 0 fully saturated rings. The van der Waals surface area contributed by atoms with E-state index in [-0.39, 0.29) is 12.3 Å². The van der Waals surface area contributed by atoms with Crippen molar-refractivity contribution in [2.24, 2.45) is 0 Å². The molecule has 11 heteroatoms. The van der Waals surface area contributed by atoms with E-state index in [1.54, 1.807) is 13.8 Å². The van der Waals surface area contributed by atoms with Crippen LogP contribution in [0.1, 0.15) is 57.5 Å². The normalized spacial score (nSPS) is 10.9. The highest BCUT2D eigenvalue weighted by Gasteiger charge is 2.26. The Labute approximate surface area is 257 Å². The fourth-order valence-electron chi connectivity index (χ4n) is 4.83. The summed E-state index contributed by atoms with van der Waals surface area (Å²) in [5.74, 6) is 0. The van der Waals surface area contributed by atoms with Gasteiger partial charge in [-0.2, -0.15) is 0 Å². The Kier molecular flexibility index (Phi) is 15.2. The van der Waals surface area contributed by atoms with Crippen molar-refractivity contribution in [1.82, 2.24) is 0 Å². The van der Waals surface area contributed by atoms with Gasteiger partial charge in [-0.1, -0.05) is 60.5 Å². The summed E-state index contributed by atoms with van der Waals surface area (Å²) in [5, 5.41) is 0. The van der Waals surface area contributed by atoms with E-state index < -0.39 is 30.3 Å². The molecule has 0 aliphatic rings. The highest BCUT2D eigenvalue weighted by atomic mass is 35.8. The van der Waals surface area contributed by atoms with Crippen LogP contribution in [-0.4, -0.2) is 28.2 Å². The van der Waals surface area contributed by atoms with Gasteiger partial charge in [-0.05, 0) is 95.7 Å². The van der Waals surface area contributed by atoms with E-state index in [1.807, 2.05) is 84.9 Å². The lowest BCUT2D eigenvalue weighted by Gasteiger charge is -2.16. The molecule has 0 radical (unpaired) electrons. The van der Waals surface area contributed by atoms with E-state index in [0.29, 0.717) is 20.9 Å². The van der Waals surface area contributed by atoms with Crippen LogP contribution in [0.5, 0.6) is 0 Å². The first kappa shape index (κ1) is 38.3. The third kappa shape index (κ3) is 10.9. The molecule has 216 valence electrons. The summed E-state index contributed by atoms with van der Waals surface area (Å²) in [4.78, 5) is 1.13. The molecular weight excluding hydrogens is 633 g/mol. The Morgan fingerprint density at radius 3 is 0.846 bits per heavy atom. The molecule has 4 nitrogen and oxygen atoms in total. The van der Waals surface area contributed by atoms with Crippen molar-refractivity contribution in [3.63, 3.8) is 0 Å². The zero-order chi connectivity index (χ0) is 29.7. The van der Waals surface area contributed by atoms with Gasteiger partial charge in [-0.25, -0.2) is 47.0 Å². The van der Waals surface area contributed by atoms with Gasteiger partial charge in [0.15, 0.2) is 0 Å². The molecular formula is C28H37AlCl4O4S2. The van der Waals surface area contributed by atoms with E-state index in [2.05, 4.69) is 0 Å². The van der Waals surface area contributed by atoms with Gasteiger partial charge >= 0.3 is 11.4 Å². The standard InChI is InChI=1S/C18H22O2S.C9H11ClO2S.CH4.Al.3ClH/c1-11-7-13(3)17(14(4)8-11)21(19,20)18-15(5)9-12(2)10-16(18)6;1-6-4-7(2)9(8(3)5-6)13(10,11)12;;;;;/h7-10H,1-6H3;4-5H,1-3H3;1H4;;3*1H/q;;;+3;;;/p-3. The van der Waals surface area contributed by atoms with Crippen molar-refractivity contribution < 1.29 is 16.8 Å². The molecule has 3 rings (SSSR count). The third-order valence-corrected chi connectivity index (χ3v) is 9.55. The van der Waals surface area contributed by atoms with Crippen LogP contribution in [0.3, 0.4) is 0 Å². The van der Waals surface area contributed by atoms with Gasteiger partial charge in [-0.3, -0.25) is 0 Å². The monoisotopic (exact) mass is 668 g/mol. The Morgan fingerprint density at radius 2 is 0.667 bits per heavy atom. The second-order valence-corrected chi connectivity index (χ2v) is 20.1. The largest absolute Gasteiger partial charge is 0.643 e. The molecule has 0 aromatic heterocycles. The Hall–Kier alpha value is -0.748. The average molecular weight is 671 g/mol. The van der Waals surface area contributed by atoms with Crippen LogP contribution in [0.25, 0.3) is 0 Å². The Balaban J connectivity index is 0.000000687. The second kappa shape index (κ2) is 15.5. The summed E-state index contributed by atoms with van der Waals surface area (Å²) in [6, 6.07) is 11.3. The van der Waals surface area contributed by atoms with Crippen molar-refractivity contribution in [3.8, 4) is 0 Å². The van der Waals surface area contributed by atoms with Crippen molar-refractivity contribution in [1.29, 1.82) is 0 Å². The van der Waals surface area contributed by atoms with E-state index in [0.717, 1.165) is 38.9 Å². The predicted octanol–water partition coefficient (Wildman–Crippen LogP) is 9.23. The van der Waals surface area contributed by atoms with Crippen LogP contribution in [0.15, 0.2) is 51.1 Å². The summed E-state index contributed by atoms with van der Waals surface area (Å²) in [6.07, 6.45) is 0. The maximum atomic E-state index is 13.1. The van der Waals surface area contributed by atoms with Crippen LogP contribution in [-0.2, 0) is 18.9 Å². The summed E-state index contributed by atoms with van der Waals surface area (Å²) >= 11 is -1.72. The summed E-state index contributed by atoms with van der Waals surface area (Å²) in [6.45, 7) is 16.8. The molecule has 0 spiro atoms. The molecule has 3 aromatic rings. The SMILES string of the molecule is C.Cc1cc(C)c(S(=O)(=O)Cl)c(C)c1.Cc1cc(C)c(S(=O)(=O)c2c(C)cc(C)cc2C)c(C)c1.[Cl][Al]([Cl])[Cl]. The number of hydrogen-bond acceptors (Lipinski definition) is 4. The fourth-order valence-corrected chi connectivity index (χ4v) is 8.59. The van der Waals surface area contributed by atoms with Gasteiger partial charge < -0.3 is 0 Å². The molecule has 0 atom stereocenters. The van der Waals surface area contributed by atoms with Crippen LogP contribution in [0, 0.1) is 62.3 Å². The molecule has 3 aromatic carbocycles. The molecule has 0 heterocycles. The number of hydrogen-bond donors (Lipinski definition) is 0. The maximum Gasteiger partial charge on any atom is 0.643 e. The van der Waals surface area contributed by atoms with E-state index in [4.69, 9.17) is 40.8 Å².